The minimum absolute atomic E-state index is 0.189. The number of piperidine rings is 2. The Morgan fingerprint density at radius 1 is 0.917 bits per heavy atom. The van der Waals surface area contributed by atoms with Crippen molar-refractivity contribution in [3.8, 4) is 0 Å². The van der Waals surface area contributed by atoms with Gasteiger partial charge < -0.3 is 16.0 Å². The van der Waals surface area contributed by atoms with E-state index < -0.39 is 5.54 Å². The van der Waals surface area contributed by atoms with Gasteiger partial charge in [-0.25, -0.2) is 0 Å². The van der Waals surface area contributed by atoms with Gasteiger partial charge in [0.2, 0.25) is 11.8 Å². The van der Waals surface area contributed by atoms with Crippen molar-refractivity contribution in [3.05, 3.63) is 0 Å². The molecule has 3 aliphatic heterocycles. The summed E-state index contributed by atoms with van der Waals surface area (Å²) in [4.78, 5) is 31.2. The van der Waals surface area contributed by atoms with Crippen molar-refractivity contribution in [2.45, 2.75) is 37.6 Å². The van der Waals surface area contributed by atoms with E-state index >= 15 is 0 Å². The van der Waals surface area contributed by atoms with Gasteiger partial charge in [-0.2, -0.15) is 0 Å². The summed E-state index contributed by atoms with van der Waals surface area (Å²) in [7, 11) is 0. The number of amides is 2. The second-order valence-corrected chi connectivity index (χ2v) is 7.35. The molecular formula is C17H31N5O2. The number of piperazine rings is 1. The molecule has 0 aromatic heterocycles. The Labute approximate surface area is 144 Å². The third-order valence-electron chi connectivity index (χ3n) is 5.93. The summed E-state index contributed by atoms with van der Waals surface area (Å²) in [6.45, 7) is 7.45. The Bertz CT molecular complexity index is 450. The number of carbonyl (C=O) groups is 2. The highest BCUT2D eigenvalue weighted by Gasteiger charge is 2.45. The molecule has 136 valence electrons. The van der Waals surface area contributed by atoms with Crippen LogP contribution in [0.4, 0.5) is 0 Å². The van der Waals surface area contributed by atoms with Crippen LogP contribution >= 0.6 is 0 Å². The lowest BCUT2D eigenvalue weighted by Gasteiger charge is -2.48. The molecule has 0 aliphatic carbocycles. The Hall–Kier alpha value is -1.18. The van der Waals surface area contributed by atoms with E-state index in [4.69, 9.17) is 5.73 Å². The molecule has 2 amide bonds. The molecule has 7 heteroatoms. The Kier molecular flexibility index (Phi) is 5.73. The average Bonchev–Trinajstić information content (AvgIpc) is 2.63. The van der Waals surface area contributed by atoms with Crippen LogP contribution in [0.1, 0.15) is 32.1 Å². The molecule has 0 unspecified atom stereocenters. The van der Waals surface area contributed by atoms with Crippen LogP contribution in [0.5, 0.6) is 0 Å². The second kappa shape index (κ2) is 7.80. The SMILES string of the molecule is NC(=O)C1(N2CCCCC2)CCN(C(=O)CN2CCNCC2)CC1. The average molecular weight is 337 g/mol. The van der Waals surface area contributed by atoms with Crippen LogP contribution < -0.4 is 11.1 Å². The maximum atomic E-state index is 12.6. The smallest absolute Gasteiger partial charge is 0.238 e. The van der Waals surface area contributed by atoms with Crippen molar-refractivity contribution < 1.29 is 9.59 Å². The fourth-order valence-corrected chi connectivity index (χ4v) is 4.33. The van der Waals surface area contributed by atoms with Gasteiger partial charge in [0.05, 0.1) is 6.54 Å². The van der Waals surface area contributed by atoms with Gasteiger partial charge in [0.25, 0.3) is 0 Å². The normalized spacial score (nSPS) is 26.2. The Morgan fingerprint density at radius 2 is 1.54 bits per heavy atom. The van der Waals surface area contributed by atoms with Gasteiger partial charge in [-0.15, -0.1) is 0 Å². The summed E-state index contributed by atoms with van der Waals surface area (Å²) in [5.41, 5.74) is 5.27. The number of nitrogens with zero attached hydrogens (tertiary/aromatic N) is 3. The largest absolute Gasteiger partial charge is 0.368 e. The van der Waals surface area contributed by atoms with Crippen molar-refractivity contribution in [2.24, 2.45) is 5.73 Å². The lowest BCUT2D eigenvalue weighted by Crippen LogP contribution is -2.64. The lowest BCUT2D eigenvalue weighted by atomic mass is 9.83. The monoisotopic (exact) mass is 337 g/mol. The molecule has 3 saturated heterocycles. The molecule has 0 aromatic carbocycles. The summed E-state index contributed by atoms with van der Waals surface area (Å²) < 4.78 is 0. The fourth-order valence-electron chi connectivity index (χ4n) is 4.33. The molecule has 0 atom stereocenters. The Morgan fingerprint density at radius 3 is 2.12 bits per heavy atom. The summed E-state index contributed by atoms with van der Waals surface area (Å²) >= 11 is 0. The zero-order chi connectivity index (χ0) is 17.0. The number of rotatable bonds is 4. The minimum Gasteiger partial charge on any atom is -0.368 e. The van der Waals surface area contributed by atoms with Crippen LogP contribution in [0.15, 0.2) is 0 Å². The van der Waals surface area contributed by atoms with E-state index in [0.29, 0.717) is 32.5 Å². The van der Waals surface area contributed by atoms with Crippen LogP contribution in [0.3, 0.4) is 0 Å². The molecule has 3 fully saturated rings. The first kappa shape index (κ1) is 17.6. The van der Waals surface area contributed by atoms with Crippen LogP contribution in [0.25, 0.3) is 0 Å². The summed E-state index contributed by atoms with van der Waals surface area (Å²) in [6.07, 6.45) is 4.87. The summed E-state index contributed by atoms with van der Waals surface area (Å²) in [6, 6.07) is 0. The van der Waals surface area contributed by atoms with Crippen molar-refractivity contribution in [1.29, 1.82) is 0 Å². The first-order chi connectivity index (χ1) is 11.6. The molecule has 24 heavy (non-hydrogen) atoms. The number of primary amides is 1. The molecule has 3 N–H and O–H groups in total. The number of hydrogen-bond acceptors (Lipinski definition) is 5. The third-order valence-corrected chi connectivity index (χ3v) is 5.93. The Balaban J connectivity index is 1.56. The van der Waals surface area contributed by atoms with Gasteiger partial charge in [-0.05, 0) is 38.8 Å². The highest BCUT2D eigenvalue weighted by atomic mass is 16.2. The third kappa shape index (κ3) is 3.73. The first-order valence-corrected chi connectivity index (χ1v) is 9.38. The number of hydrogen-bond donors (Lipinski definition) is 2. The van der Waals surface area contributed by atoms with Gasteiger partial charge in [0.15, 0.2) is 0 Å². The number of nitrogens with two attached hydrogens (primary N) is 1. The van der Waals surface area contributed by atoms with E-state index in [-0.39, 0.29) is 11.8 Å². The molecule has 0 spiro atoms. The van der Waals surface area contributed by atoms with Gasteiger partial charge in [0, 0.05) is 39.3 Å². The molecule has 0 aromatic rings. The van der Waals surface area contributed by atoms with E-state index in [1.165, 1.54) is 6.42 Å². The van der Waals surface area contributed by atoms with Crippen molar-refractivity contribution >= 4 is 11.8 Å². The van der Waals surface area contributed by atoms with E-state index in [1.54, 1.807) is 0 Å². The molecule has 0 bridgehead atoms. The van der Waals surface area contributed by atoms with Crippen LogP contribution in [0, 0.1) is 0 Å². The van der Waals surface area contributed by atoms with Crippen LogP contribution in [-0.4, -0.2) is 91.0 Å². The lowest BCUT2D eigenvalue weighted by molar-refractivity contribution is -0.142. The zero-order valence-electron chi connectivity index (χ0n) is 14.6. The first-order valence-electron chi connectivity index (χ1n) is 9.38. The molecular weight excluding hydrogens is 306 g/mol. The van der Waals surface area contributed by atoms with E-state index in [1.807, 2.05) is 4.90 Å². The van der Waals surface area contributed by atoms with E-state index in [0.717, 1.165) is 52.1 Å². The number of likely N-dealkylation sites (tertiary alicyclic amines) is 2. The molecule has 3 heterocycles. The predicted octanol–water partition coefficient (Wildman–Crippen LogP) is -0.776. The molecule has 0 saturated carbocycles. The highest BCUT2D eigenvalue weighted by Crippen LogP contribution is 2.31. The predicted molar refractivity (Wildman–Crippen MR) is 92.5 cm³/mol. The molecule has 7 nitrogen and oxygen atoms in total. The molecule has 0 radical (unpaired) electrons. The maximum Gasteiger partial charge on any atom is 0.238 e. The highest BCUT2D eigenvalue weighted by molar-refractivity contribution is 5.85. The number of nitrogens with one attached hydrogen (secondary N) is 1. The van der Waals surface area contributed by atoms with Crippen molar-refractivity contribution in [2.75, 3.05) is 58.9 Å². The topological polar surface area (TPSA) is 81.9 Å². The maximum absolute atomic E-state index is 12.6. The zero-order valence-corrected chi connectivity index (χ0v) is 14.6. The van der Waals surface area contributed by atoms with Gasteiger partial charge in [-0.3, -0.25) is 19.4 Å². The molecule has 3 aliphatic rings. The van der Waals surface area contributed by atoms with E-state index in [2.05, 4.69) is 15.1 Å². The summed E-state index contributed by atoms with van der Waals surface area (Å²) in [5.74, 6) is -0.0211. The van der Waals surface area contributed by atoms with Crippen molar-refractivity contribution in [1.82, 2.24) is 20.0 Å². The quantitative estimate of drug-likeness (QED) is 0.704. The van der Waals surface area contributed by atoms with Crippen LogP contribution in [-0.2, 0) is 9.59 Å². The minimum atomic E-state index is -0.535. The fraction of sp³-hybridized carbons (Fsp3) is 0.882. The van der Waals surface area contributed by atoms with Crippen LogP contribution in [0.2, 0.25) is 0 Å². The number of carbonyl (C=O) groups excluding carboxylic acids is 2. The second-order valence-electron chi connectivity index (χ2n) is 7.35. The molecule has 3 rings (SSSR count). The van der Waals surface area contributed by atoms with E-state index in [9.17, 15) is 9.59 Å². The van der Waals surface area contributed by atoms with Gasteiger partial charge in [0.1, 0.15) is 5.54 Å². The van der Waals surface area contributed by atoms with Crippen molar-refractivity contribution in [3.63, 3.8) is 0 Å². The van der Waals surface area contributed by atoms with Gasteiger partial charge >= 0.3 is 0 Å². The van der Waals surface area contributed by atoms with Gasteiger partial charge in [-0.1, -0.05) is 6.42 Å². The summed E-state index contributed by atoms with van der Waals surface area (Å²) in [5, 5.41) is 3.30. The standard InChI is InChI=1S/C17H31N5O2/c18-16(24)17(22-8-2-1-3-9-22)4-10-21(11-5-17)15(23)14-20-12-6-19-7-13-20/h19H,1-14H2,(H2,18,24).